The van der Waals surface area contributed by atoms with Crippen molar-refractivity contribution < 1.29 is 19.4 Å². The highest BCUT2D eigenvalue weighted by molar-refractivity contribution is 9.10. The van der Waals surface area contributed by atoms with E-state index in [-0.39, 0.29) is 30.4 Å². The molecule has 3 heterocycles. The quantitative estimate of drug-likeness (QED) is 0.581. The molecule has 2 aromatic rings. The SMILES string of the molecule is COC1=C(OC)C(OC)=C(Cn2c(=O)[nH]c3c(Br)nc(N)nc32)N(O)C1. The van der Waals surface area contributed by atoms with Crippen molar-refractivity contribution in [3.63, 3.8) is 0 Å². The van der Waals surface area contributed by atoms with Gasteiger partial charge >= 0.3 is 5.69 Å². The highest BCUT2D eigenvalue weighted by atomic mass is 79.9. The molecule has 0 aliphatic carbocycles. The Morgan fingerprint density at radius 1 is 1.23 bits per heavy atom. The number of hydrogen-bond donors (Lipinski definition) is 3. The fraction of sp³-hybridized carbons (Fsp3) is 0.357. The van der Waals surface area contributed by atoms with Gasteiger partial charge in [-0.3, -0.25) is 9.77 Å². The Morgan fingerprint density at radius 2 is 1.92 bits per heavy atom. The van der Waals surface area contributed by atoms with Crippen LogP contribution in [0, 0.1) is 0 Å². The number of fused-ring (bicyclic) bond motifs is 1. The molecule has 11 nitrogen and oxygen atoms in total. The van der Waals surface area contributed by atoms with Crippen LogP contribution >= 0.6 is 15.9 Å². The van der Waals surface area contributed by atoms with Gasteiger partial charge in [-0.15, -0.1) is 0 Å². The summed E-state index contributed by atoms with van der Waals surface area (Å²) in [5.74, 6) is 0.955. The minimum atomic E-state index is -0.447. The monoisotopic (exact) mass is 428 g/mol. The van der Waals surface area contributed by atoms with Crippen molar-refractivity contribution >= 4 is 33.0 Å². The second-order valence-electron chi connectivity index (χ2n) is 5.29. The average molecular weight is 429 g/mol. The first-order chi connectivity index (χ1) is 12.4. The van der Waals surface area contributed by atoms with Crippen LogP contribution in [0.5, 0.6) is 0 Å². The van der Waals surface area contributed by atoms with Gasteiger partial charge in [0.15, 0.2) is 17.2 Å². The van der Waals surface area contributed by atoms with Crippen LogP contribution < -0.4 is 11.4 Å². The number of nitrogens with two attached hydrogens (primary N) is 1. The van der Waals surface area contributed by atoms with Crippen molar-refractivity contribution in [2.24, 2.45) is 0 Å². The third-order valence-electron chi connectivity index (χ3n) is 3.88. The number of hydrogen-bond acceptors (Lipinski definition) is 9. The number of aromatic nitrogens is 4. The van der Waals surface area contributed by atoms with Crippen LogP contribution in [0.2, 0.25) is 0 Å². The van der Waals surface area contributed by atoms with Gasteiger partial charge in [0, 0.05) is 0 Å². The molecule has 0 aromatic carbocycles. The molecule has 140 valence electrons. The Labute approximate surface area is 155 Å². The molecule has 0 amide bonds. The number of H-pyrrole nitrogens is 1. The summed E-state index contributed by atoms with van der Waals surface area (Å²) in [5, 5.41) is 11.3. The molecular weight excluding hydrogens is 412 g/mol. The standard InChI is InChI=1S/C14H17BrN6O5/c1-24-7-5-21(23)6(9(25-2)10(7)26-3)4-20-12-8(17-14(20)22)11(15)18-13(16)19-12/h23H,4-5H2,1-3H3,(H,17,22)(H2,16,18,19). The van der Waals surface area contributed by atoms with Crippen LogP contribution in [-0.4, -0.2) is 57.7 Å². The second-order valence-corrected chi connectivity index (χ2v) is 6.04. The summed E-state index contributed by atoms with van der Waals surface area (Å²) in [6.45, 7) is -0.0228. The molecule has 0 atom stereocenters. The molecule has 4 N–H and O–H groups in total. The van der Waals surface area contributed by atoms with Crippen LogP contribution in [0.25, 0.3) is 11.2 Å². The number of anilines is 1. The third kappa shape index (κ3) is 2.86. The largest absolute Gasteiger partial charge is 0.495 e. The summed E-state index contributed by atoms with van der Waals surface area (Å²) in [5.41, 5.74) is 6.20. The maximum Gasteiger partial charge on any atom is 0.328 e. The molecule has 0 saturated carbocycles. The molecule has 0 unspecified atom stereocenters. The zero-order valence-electron chi connectivity index (χ0n) is 14.2. The van der Waals surface area contributed by atoms with Crippen molar-refractivity contribution in [2.75, 3.05) is 33.6 Å². The lowest BCUT2D eigenvalue weighted by Gasteiger charge is -2.29. The summed E-state index contributed by atoms with van der Waals surface area (Å²) in [7, 11) is 4.35. The Balaban J connectivity index is 2.17. The Hall–Kier alpha value is -2.73. The number of methoxy groups -OCH3 is 3. The van der Waals surface area contributed by atoms with Crippen molar-refractivity contribution in [3.05, 3.63) is 38.1 Å². The molecule has 1 aliphatic heterocycles. The van der Waals surface area contributed by atoms with Gasteiger partial charge in [-0.2, -0.15) is 4.98 Å². The molecule has 26 heavy (non-hydrogen) atoms. The molecular formula is C14H17BrN6O5. The van der Waals surface area contributed by atoms with Crippen LogP contribution in [-0.2, 0) is 20.8 Å². The van der Waals surface area contributed by atoms with Gasteiger partial charge in [0.05, 0.1) is 27.9 Å². The van der Waals surface area contributed by atoms with Crippen LogP contribution in [0.15, 0.2) is 32.4 Å². The minimum Gasteiger partial charge on any atom is -0.495 e. The number of allylic oxidation sites excluding steroid dienone is 1. The van der Waals surface area contributed by atoms with E-state index in [1.807, 2.05) is 0 Å². The van der Waals surface area contributed by atoms with Gasteiger partial charge in [-0.1, -0.05) is 0 Å². The van der Waals surface area contributed by atoms with Crippen molar-refractivity contribution in [2.45, 2.75) is 6.54 Å². The fourth-order valence-electron chi connectivity index (χ4n) is 2.71. The first-order valence-corrected chi connectivity index (χ1v) is 8.17. The lowest BCUT2D eigenvalue weighted by Crippen LogP contribution is -2.33. The predicted octanol–water partition coefficient (Wildman–Crippen LogP) is 0.531. The normalized spacial score (nSPS) is 15.0. The number of nitrogen functional groups attached to an aromatic ring is 1. The summed E-state index contributed by atoms with van der Waals surface area (Å²) in [6, 6.07) is 0. The number of ether oxygens (including phenoxy) is 3. The topological polar surface area (TPSA) is 141 Å². The molecule has 12 heteroatoms. The predicted molar refractivity (Wildman–Crippen MR) is 93.8 cm³/mol. The maximum atomic E-state index is 12.4. The number of nitrogens with one attached hydrogen (secondary N) is 1. The summed E-state index contributed by atoms with van der Waals surface area (Å²) in [4.78, 5) is 23.1. The van der Waals surface area contributed by atoms with Crippen LogP contribution in [0.1, 0.15) is 0 Å². The van der Waals surface area contributed by atoms with E-state index >= 15 is 0 Å². The Kier molecular flexibility index (Phi) is 4.78. The zero-order valence-corrected chi connectivity index (χ0v) is 15.8. The Morgan fingerprint density at radius 3 is 2.54 bits per heavy atom. The number of rotatable bonds is 5. The first-order valence-electron chi connectivity index (χ1n) is 7.37. The average Bonchev–Trinajstić information content (AvgIpc) is 2.92. The summed E-state index contributed by atoms with van der Waals surface area (Å²) in [6.07, 6.45) is 0. The van der Waals surface area contributed by atoms with Gasteiger partial charge in [0.2, 0.25) is 11.7 Å². The third-order valence-corrected chi connectivity index (χ3v) is 4.46. The van der Waals surface area contributed by atoms with E-state index in [1.165, 1.54) is 25.9 Å². The number of nitrogens with zero attached hydrogens (tertiary/aromatic N) is 4. The van der Waals surface area contributed by atoms with E-state index in [0.29, 0.717) is 27.3 Å². The lowest BCUT2D eigenvalue weighted by atomic mass is 10.2. The van der Waals surface area contributed by atoms with E-state index in [9.17, 15) is 10.0 Å². The van der Waals surface area contributed by atoms with E-state index in [0.717, 1.165) is 5.06 Å². The van der Waals surface area contributed by atoms with Gasteiger partial charge in [-0.25, -0.2) is 14.8 Å². The first kappa shape index (κ1) is 18.1. The van der Waals surface area contributed by atoms with Gasteiger partial charge in [-0.05, 0) is 15.9 Å². The molecule has 0 bridgehead atoms. The van der Waals surface area contributed by atoms with E-state index in [2.05, 4.69) is 30.9 Å². The van der Waals surface area contributed by atoms with Crippen LogP contribution in [0.3, 0.4) is 0 Å². The second kappa shape index (κ2) is 6.88. The fourth-order valence-corrected chi connectivity index (χ4v) is 3.17. The molecule has 1 aliphatic rings. The number of aromatic amines is 1. The number of halogens is 1. The van der Waals surface area contributed by atoms with Gasteiger partial charge in [0.1, 0.15) is 22.4 Å². The number of hydroxylamine groups is 2. The molecule has 0 spiro atoms. The number of imidazole rings is 1. The van der Waals surface area contributed by atoms with Crippen molar-refractivity contribution in [3.8, 4) is 0 Å². The van der Waals surface area contributed by atoms with Crippen LogP contribution in [0.4, 0.5) is 5.95 Å². The smallest absolute Gasteiger partial charge is 0.328 e. The molecule has 3 rings (SSSR count). The maximum absolute atomic E-state index is 12.4. The van der Waals surface area contributed by atoms with E-state index in [4.69, 9.17) is 19.9 Å². The Bertz CT molecular complexity index is 978. The van der Waals surface area contributed by atoms with Gasteiger partial charge < -0.3 is 24.9 Å². The molecule has 0 radical (unpaired) electrons. The molecule has 2 aromatic heterocycles. The van der Waals surface area contributed by atoms with E-state index in [1.54, 1.807) is 0 Å². The molecule has 0 fully saturated rings. The lowest BCUT2D eigenvalue weighted by molar-refractivity contribution is -0.0721. The minimum absolute atomic E-state index is 0.00159. The summed E-state index contributed by atoms with van der Waals surface area (Å²) >= 11 is 3.24. The van der Waals surface area contributed by atoms with Gasteiger partial charge in [0.25, 0.3) is 0 Å². The van der Waals surface area contributed by atoms with E-state index < -0.39 is 5.69 Å². The van der Waals surface area contributed by atoms with Crippen molar-refractivity contribution in [1.82, 2.24) is 24.6 Å². The zero-order chi connectivity index (χ0) is 19.0. The molecule has 0 saturated heterocycles. The highest BCUT2D eigenvalue weighted by Crippen LogP contribution is 2.29. The summed E-state index contributed by atoms with van der Waals surface area (Å²) < 4.78 is 17.6. The van der Waals surface area contributed by atoms with Crippen molar-refractivity contribution in [1.29, 1.82) is 0 Å². The highest BCUT2D eigenvalue weighted by Gasteiger charge is 2.30.